The topological polar surface area (TPSA) is 48.5 Å². The van der Waals surface area contributed by atoms with Crippen LogP contribution in [0.15, 0.2) is 212 Å². The molecule has 0 aliphatic carbocycles. The molecule has 0 N–H and O–H groups in total. The number of nitrogens with zero attached hydrogens (tertiary/aromatic N) is 5. The molecule has 0 atom stereocenters. The van der Waals surface area contributed by atoms with Crippen LogP contribution >= 0.6 is 0 Å². The number of benzene rings is 9. The Kier molecular flexibility index (Phi) is 9.43. The molecule has 0 amide bonds. The molecular formula is C59H38F3N5. The van der Waals surface area contributed by atoms with E-state index in [1.165, 1.54) is 6.07 Å². The molecule has 0 spiro atoms. The summed E-state index contributed by atoms with van der Waals surface area (Å²) in [5.41, 5.74) is 10.4. The zero-order chi connectivity index (χ0) is 45.2. The number of fused-ring (bicyclic) bond motifs is 6. The van der Waals surface area contributed by atoms with Gasteiger partial charge in [-0.3, -0.25) is 0 Å². The van der Waals surface area contributed by atoms with Gasteiger partial charge in [0, 0.05) is 43.9 Å². The highest BCUT2D eigenvalue weighted by molar-refractivity contribution is 6.16. The van der Waals surface area contributed by atoms with Crippen molar-refractivity contribution >= 4 is 43.6 Å². The van der Waals surface area contributed by atoms with Gasteiger partial charge in [-0.05, 0) is 83.8 Å². The van der Waals surface area contributed by atoms with Crippen molar-refractivity contribution in [2.75, 3.05) is 0 Å². The number of hydrogen-bond donors (Lipinski definition) is 0. The van der Waals surface area contributed by atoms with Gasteiger partial charge >= 0.3 is 6.18 Å². The Morgan fingerprint density at radius 2 is 0.925 bits per heavy atom. The predicted molar refractivity (Wildman–Crippen MR) is 265 cm³/mol. The molecule has 0 saturated carbocycles. The minimum atomic E-state index is -4.55. The summed E-state index contributed by atoms with van der Waals surface area (Å²) in [6, 6.07) is 69.6. The Morgan fingerprint density at radius 3 is 1.61 bits per heavy atom. The summed E-state index contributed by atoms with van der Waals surface area (Å²) in [7, 11) is 0. The number of aryl methyl sites for hydroxylation is 1. The van der Waals surface area contributed by atoms with Crippen LogP contribution in [-0.2, 0) is 6.18 Å². The molecule has 12 aromatic rings. The van der Waals surface area contributed by atoms with Gasteiger partial charge in [0.2, 0.25) is 0 Å². The largest absolute Gasteiger partial charge is 0.417 e. The second-order valence-corrected chi connectivity index (χ2v) is 16.8. The highest BCUT2D eigenvalue weighted by Gasteiger charge is 2.34. The summed E-state index contributed by atoms with van der Waals surface area (Å²) < 4.78 is 48.6. The van der Waals surface area contributed by atoms with E-state index < -0.39 is 11.7 Å². The maximum atomic E-state index is 14.7. The van der Waals surface area contributed by atoms with E-state index in [2.05, 4.69) is 106 Å². The molecule has 0 radical (unpaired) electrons. The molecule has 3 heterocycles. The highest BCUT2D eigenvalue weighted by atomic mass is 19.4. The normalized spacial score (nSPS) is 11.9. The van der Waals surface area contributed by atoms with Gasteiger partial charge in [0.1, 0.15) is 0 Å². The number of para-hydroxylation sites is 3. The molecule has 0 unspecified atom stereocenters. The number of hydrogen-bond acceptors (Lipinski definition) is 3. The molecule has 0 aliphatic rings. The van der Waals surface area contributed by atoms with E-state index in [-0.39, 0.29) is 5.56 Å². The second-order valence-electron chi connectivity index (χ2n) is 16.8. The van der Waals surface area contributed by atoms with E-state index in [0.717, 1.165) is 82.8 Å². The van der Waals surface area contributed by atoms with Gasteiger partial charge in [0.05, 0.1) is 33.3 Å². The zero-order valence-electron chi connectivity index (χ0n) is 36.1. The fourth-order valence-electron chi connectivity index (χ4n) is 9.66. The predicted octanol–water partition coefficient (Wildman–Crippen LogP) is 15.7. The summed E-state index contributed by atoms with van der Waals surface area (Å²) in [6.45, 7) is 1.68. The Bertz CT molecular complexity index is 3800. The fourth-order valence-corrected chi connectivity index (χ4v) is 9.66. The smallest absolute Gasteiger partial charge is 0.309 e. The Hall–Kier alpha value is -8.62. The summed E-state index contributed by atoms with van der Waals surface area (Å²) in [5.74, 6) is 1.47. The number of aromatic nitrogens is 5. The molecule has 9 aromatic carbocycles. The van der Waals surface area contributed by atoms with Gasteiger partial charge in [0.25, 0.3) is 0 Å². The molecule has 5 nitrogen and oxygen atoms in total. The summed E-state index contributed by atoms with van der Waals surface area (Å²) in [4.78, 5) is 15.6. The van der Waals surface area contributed by atoms with Crippen molar-refractivity contribution in [2.24, 2.45) is 0 Å². The maximum Gasteiger partial charge on any atom is 0.417 e. The number of alkyl halides is 3. The molecule has 12 rings (SSSR count). The van der Waals surface area contributed by atoms with E-state index in [0.29, 0.717) is 28.6 Å². The Labute approximate surface area is 383 Å². The molecule has 67 heavy (non-hydrogen) atoms. The average molecular weight is 874 g/mol. The van der Waals surface area contributed by atoms with Gasteiger partial charge in [-0.25, -0.2) is 15.0 Å². The van der Waals surface area contributed by atoms with Crippen molar-refractivity contribution in [1.29, 1.82) is 0 Å². The minimum Gasteiger partial charge on any atom is -0.309 e. The maximum absolute atomic E-state index is 14.7. The van der Waals surface area contributed by atoms with E-state index in [9.17, 15) is 13.2 Å². The fraction of sp³-hybridized carbons (Fsp3) is 0.0339. The van der Waals surface area contributed by atoms with Crippen molar-refractivity contribution in [3.8, 4) is 67.8 Å². The van der Waals surface area contributed by atoms with Gasteiger partial charge in [-0.15, -0.1) is 0 Å². The molecule has 0 bridgehead atoms. The molecule has 0 fully saturated rings. The molecular weight excluding hydrogens is 836 g/mol. The van der Waals surface area contributed by atoms with Crippen LogP contribution in [0.25, 0.3) is 111 Å². The highest BCUT2D eigenvalue weighted by Crippen LogP contribution is 2.44. The van der Waals surface area contributed by atoms with Gasteiger partial charge in [-0.2, -0.15) is 13.2 Å². The molecule has 8 heteroatoms. The first-order valence-electron chi connectivity index (χ1n) is 22.1. The first-order chi connectivity index (χ1) is 32.8. The van der Waals surface area contributed by atoms with E-state index >= 15 is 0 Å². The Morgan fingerprint density at radius 1 is 0.373 bits per heavy atom. The lowest BCUT2D eigenvalue weighted by atomic mass is 9.96. The average Bonchev–Trinajstić information content (AvgIpc) is 3.89. The zero-order valence-corrected chi connectivity index (χ0v) is 36.1. The molecule has 0 aliphatic heterocycles. The lowest BCUT2D eigenvalue weighted by Gasteiger charge is -2.17. The summed E-state index contributed by atoms with van der Waals surface area (Å²) in [6.07, 6.45) is -4.55. The standard InChI is InChI=1S/C59H38F3N5/c1-37-28-31-43(49(34-37)59(60,61)62)41-29-32-46-45-22-11-13-25-50(45)67(54(46)36-41)52-33-30-40(44-24-15-27-53-55(44)47-23-12-14-26-51(47)66(53)42-20-9-4-10-21-42)35-48(52)58-64-56(38-16-5-2-6-17-38)63-57(65-58)39-18-7-3-8-19-39/h2-36H,1H3. The van der Waals surface area contributed by atoms with Crippen LogP contribution < -0.4 is 0 Å². The van der Waals surface area contributed by atoms with Crippen molar-refractivity contribution in [2.45, 2.75) is 13.1 Å². The third-order valence-electron chi connectivity index (χ3n) is 12.7. The first-order valence-corrected chi connectivity index (χ1v) is 22.1. The van der Waals surface area contributed by atoms with Gasteiger partial charge in [-0.1, -0.05) is 163 Å². The minimum absolute atomic E-state index is 0.118. The lowest BCUT2D eigenvalue weighted by molar-refractivity contribution is -0.137. The number of halogens is 3. The summed E-state index contributed by atoms with van der Waals surface area (Å²) >= 11 is 0. The van der Waals surface area contributed by atoms with Crippen LogP contribution in [0.2, 0.25) is 0 Å². The quantitative estimate of drug-likeness (QED) is 0.160. The van der Waals surface area contributed by atoms with E-state index in [1.54, 1.807) is 25.1 Å². The van der Waals surface area contributed by atoms with Crippen LogP contribution in [0.5, 0.6) is 0 Å². The van der Waals surface area contributed by atoms with Crippen LogP contribution in [0, 0.1) is 6.92 Å². The third-order valence-corrected chi connectivity index (χ3v) is 12.7. The van der Waals surface area contributed by atoms with Crippen LogP contribution in [0.3, 0.4) is 0 Å². The molecule has 0 saturated heterocycles. The van der Waals surface area contributed by atoms with Crippen LogP contribution in [-0.4, -0.2) is 24.1 Å². The second kappa shape index (κ2) is 15.8. The lowest BCUT2D eigenvalue weighted by Crippen LogP contribution is -2.07. The number of rotatable bonds is 7. The van der Waals surface area contributed by atoms with Crippen LogP contribution in [0.4, 0.5) is 13.2 Å². The van der Waals surface area contributed by atoms with Gasteiger partial charge < -0.3 is 9.13 Å². The van der Waals surface area contributed by atoms with Crippen LogP contribution in [0.1, 0.15) is 11.1 Å². The van der Waals surface area contributed by atoms with Crippen molar-refractivity contribution in [1.82, 2.24) is 24.1 Å². The van der Waals surface area contributed by atoms with Crippen molar-refractivity contribution in [3.05, 3.63) is 223 Å². The third kappa shape index (κ3) is 6.84. The van der Waals surface area contributed by atoms with Gasteiger partial charge in [0.15, 0.2) is 17.5 Å². The van der Waals surface area contributed by atoms with E-state index in [1.807, 2.05) is 91.0 Å². The Balaban J connectivity index is 1.17. The van der Waals surface area contributed by atoms with E-state index in [4.69, 9.17) is 15.0 Å². The molecule has 3 aromatic heterocycles. The summed E-state index contributed by atoms with van der Waals surface area (Å²) in [5, 5.41) is 4.08. The SMILES string of the molecule is Cc1ccc(-c2ccc3c4ccccc4n(-c4ccc(-c5cccc6c5c5ccccc5n6-c5ccccc5)cc4-c4nc(-c5ccccc5)nc(-c5ccccc5)n4)c3c2)c(C(F)(F)F)c1. The van der Waals surface area contributed by atoms with Crippen molar-refractivity contribution < 1.29 is 13.2 Å². The monoisotopic (exact) mass is 873 g/mol. The molecule has 320 valence electrons. The first kappa shape index (κ1) is 39.9. The van der Waals surface area contributed by atoms with Crippen molar-refractivity contribution in [3.63, 3.8) is 0 Å².